The minimum atomic E-state index is -0.0548. The molecule has 0 radical (unpaired) electrons. The molecule has 0 aliphatic carbocycles. The van der Waals surface area contributed by atoms with E-state index in [0.29, 0.717) is 25.6 Å². The van der Waals surface area contributed by atoms with Crippen molar-refractivity contribution in [2.45, 2.75) is 46.6 Å². The van der Waals surface area contributed by atoms with Crippen LogP contribution >= 0.6 is 0 Å². The molecule has 3 heterocycles. The van der Waals surface area contributed by atoms with Gasteiger partial charge >= 0.3 is 6.03 Å². The molecule has 2 aromatic heterocycles. The molecule has 2 amide bonds. The molecule has 0 fully saturated rings. The standard InChI is InChI=1S/C24H31N5O2/c1-5-29-17(2)18-8-6-9-19(14-18)20-15-28-13-12-25-21(28)22(27-20)31-16-24(3,4)10-7-11-26-23(29)30/h6,8-9,12-15,17H,5,7,10-11,16H2,1-4H3,(H,26,30)/t17-/m1/s1. The van der Waals surface area contributed by atoms with Gasteiger partial charge in [-0.05, 0) is 43.7 Å². The predicted molar refractivity (Wildman–Crippen MR) is 121 cm³/mol. The first-order valence-electron chi connectivity index (χ1n) is 11.0. The lowest BCUT2D eigenvalue weighted by atomic mass is 9.89. The van der Waals surface area contributed by atoms with Crippen LogP contribution in [0.15, 0.2) is 42.9 Å². The molecule has 0 saturated heterocycles. The highest BCUT2D eigenvalue weighted by Crippen LogP contribution is 2.30. The van der Waals surface area contributed by atoms with Gasteiger partial charge in [-0.15, -0.1) is 0 Å². The fourth-order valence-corrected chi connectivity index (χ4v) is 4.07. The van der Waals surface area contributed by atoms with E-state index in [2.05, 4.69) is 43.2 Å². The minimum Gasteiger partial charge on any atom is -0.474 e. The van der Waals surface area contributed by atoms with Crippen LogP contribution in [0.25, 0.3) is 16.9 Å². The molecular formula is C24H31N5O2. The van der Waals surface area contributed by atoms with E-state index >= 15 is 0 Å². The van der Waals surface area contributed by atoms with Crippen molar-refractivity contribution in [1.82, 2.24) is 24.6 Å². The number of carbonyl (C=O) groups is 1. The van der Waals surface area contributed by atoms with Crippen molar-refractivity contribution in [2.75, 3.05) is 19.7 Å². The Labute approximate surface area is 183 Å². The van der Waals surface area contributed by atoms with Gasteiger partial charge in [0.1, 0.15) is 0 Å². The topological polar surface area (TPSA) is 71.8 Å². The third-order valence-corrected chi connectivity index (χ3v) is 5.98. The molecule has 164 valence electrons. The third-order valence-electron chi connectivity index (χ3n) is 5.98. The van der Waals surface area contributed by atoms with Crippen LogP contribution in [0, 0.1) is 5.41 Å². The summed E-state index contributed by atoms with van der Waals surface area (Å²) in [6, 6.07) is 8.13. The monoisotopic (exact) mass is 421 g/mol. The SMILES string of the molecule is CCN1C(=O)NCCCC(C)(C)COc2nc(cn3ccnc23)-c2cccc(c2)[C@H]1C. The van der Waals surface area contributed by atoms with Crippen LogP contribution in [0.4, 0.5) is 4.79 Å². The van der Waals surface area contributed by atoms with Crippen LogP contribution in [-0.2, 0) is 0 Å². The number of hydrogen-bond acceptors (Lipinski definition) is 4. The van der Waals surface area contributed by atoms with Crippen LogP contribution in [-0.4, -0.2) is 45.0 Å². The normalized spacial score (nSPS) is 19.7. The Kier molecular flexibility index (Phi) is 5.85. The van der Waals surface area contributed by atoms with E-state index < -0.39 is 0 Å². The van der Waals surface area contributed by atoms with Gasteiger partial charge in [0, 0.05) is 37.2 Å². The van der Waals surface area contributed by atoms with Crippen molar-refractivity contribution in [1.29, 1.82) is 0 Å². The van der Waals surface area contributed by atoms with E-state index in [0.717, 1.165) is 35.3 Å². The molecular weight excluding hydrogens is 390 g/mol. The zero-order chi connectivity index (χ0) is 22.0. The van der Waals surface area contributed by atoms with Gasteiger partial charge in [-0.2, -0.15) is 0 Å². The molecule has 3 aromatic rings. The summed E-state index contributed by atoms with van der Waals surface area (Å²) in [6.07, 6.45) is 7.45. The van der Waals surface area contributed by atoms with E-state index in [1.54, 1.807) is 6.20 Å². The van der Waals surface area contributed by atoms with Gasteiger partial charge in [-0.1, -0.05) is 32.0 Å². The summed E-state index contributed by atoms with van der Waals surface area (Å²) in [5, 5.41) is 3.09. The second-order valence-corrected chi connectivity index (χ2v) is 8.97. The van der Waals surface area contributed by atoms with Gasteiger partial charge in [0.25, 0.3) is 5.88 Å². The molecule has 4 rings (SSSR count). The smallest absolute Gasteiger partial charge is 0.317 e. The van der Waals surface area contributed by atoms with E-state index in [1.807, 2.05) is 40.8 Å². The van der Waals surface area contributed by atoms with Crippen molar-refractivity contribution in [3.63, 3.8) is 0 Å². The highest BCUT2D eigenvalue weighted by Gasteiger charge is 2.23. The fourth-order valence-electron chi connectivity index (χ4n) is 4.07. The van der Waals surface area contributed by atoms with Crippen molar-refractivity contribution in [3.8, 4) is 17.1 Å². The fraction of sp³-hybridized carbons (Fsp3) is 0.458. The molecule has 7 nitrogen and oxygen atoms in total. The summed E-state index contributed by atoms with van der Waals surface area (Å²) < 4.78 is 8.15. The number of urea groups is 1. The van der Waals surface area contributed by atoms with Gasteiger partial charge in [0.15, 0.2) is 0 Å². The van der Waals surface area contributed by atoms with E-state index in [4.69, 9.17) is 9.72 Å². The summed E-state index contributed by atoms with van der Waals surface area (Å²) in [5.41, 5.74) is 3.52. The Bertz CT molecular complexity index is 1070. The molecule has 0 spiro atoms. The lowest BCUT2D eigenvalue weighted by Crippen LogP contribution is -2.42. The number of carbonyl (C=O) groups excluding carboxylic acids is 1. The molecule has 1 aliphatic heterocycles. The quantitative estimate of drug-likeness (QED) is 0.619. The zero-order valence-electron chi connectivity index (χ0n) is 18.8. The average molecular weight is 422 g/mol. The second-order valence-electron chi connectivity index (χ2n) is 8.97. The maximum atomic E-state index is 12.8. The van der Waals surface area contributed by atoms with Gasteiger partial charge in [-0.3, -0.25) is 0 Å². The average Bonchev–Trinajstić information content (AvgIpc) is 3.24. The van der Waals surface area contributed by atoms with Crippen LogP contribution < -0.4 is 10.1 Å². The zero-order valence-corrected chi connectivity index (χ0v) is 18.8. The number of benzene rings is 1. The molecule has 31 heavy (non-hydrogen) atoms. The third kappa shape index (κ3) is 4.50. The van der Waals surface area contributed by atoms with Crippen LogP contribution in [0.5, 0.6) is 5.88 Å². The number of imidazole rings is 1. The molecule has 1 aromatic carbocycles. The van der Waals surface area contributed by atoms with E-state index in [-0.39, 0.29) is 17.5 Å². The van der Waals surface area contributed by atoms with Gasteiger partial charge < -0.3 is 19.4 Å². The van der Waals surface area contributed by atoms with Gasteiger partial charge in [0.05, 0.1) is 18.3 Å². The van der Waals surface area contributed by atoms with Crippen LogP contribution in [0.2, 0.25) is 0 Å². The summed E-state index contributed by atoms with van der Waals surface area (Å²) in [7, 11) is 0. The molecule has 0 unspecified atom stereocenters. The first-order valence-corrected chi connectivity index (χ1v) is 11.0. The Morgan fingerprint density at radius 3 is 2.97 bits per heavy atom. The van der Waals surface area contributed by atoms with E-state index in [9.17, 15) is 4.79 Å². The summed E-state index contributed by atoms with van der Waals surface area (Å²) in [6.45, 7) is 10.2. The maximum Gasteiger partial charge on any atom is 0.317 e. The van der Waals surface area contributed by atoms with Crippen molar-refractivity contribution in [3.05, 3.63) is 48.4 Å². The van der Waals surface area contributed by atoms with Crippen molar-refractivity contribution >= 4 is 11.7 Å². The lowest BCUT2D eigenvalue weighted by molar-refractivity contribution is 0.160. The van der Waals surface area contributed by atoms with Crippen LogP contribution in [0.3, 0.4) is 0 Å². The van der Waals surface area contributed by atoms with Crippen LogP contribution in [0.1, 0.15) is 52.1 Å². The van der Waals surface area contributed by atoms with Crippen molar-refractivity contribution in [2.24, 2.45) is 5.41 Å². The number of hydrogen-bond donors (Lipinski definition) is 1. The molecule has 4 bridgehead atoms. The first-order chi connectivity index (χ1) is 14.9. The summed E-state index contributed by atoms with van der Waals surface area (Å²) in [5.74, 6) is 0.546. The Morgan fingerprint density at radius 1 is 1.32 bits per heavy atom. The number of ether oxygens (including phenoxy) is 1. The molecule has 1 N–H and O–H groups in total. The Morgan fingerprint density at radius 2 is 2.16 bits per heavy atom. The summed E-state index contributed by atoms with van der Waals surface area (Å²) >= 11 is 0. The van der Waals surface area contributed by atoms with Crippen molar-refractivity contribution < 1.29 is 9.53 Å². The summed E-state index contributed by atoms with van der Waals surface area (Å²) in [4.78, 5) is 24.0. The predicted octanol–water partition coefficient (Wildman–Crippen LogP) is 4.69. The Hall–Kier alpha value is -3.09. The van der Waals surface area contributed by atoms with Gasteiger partial charge in [-0.25, -0.2) is 14.8 Å². The Balaban J connectivity index is 1.80. The molecule has 1 atom stereocenters. The number of amides is 2. The number of nitrogens with zero attached hydrogens (tertiary/aromatic N) is 4. The highest BCUT2D eigenvalue weighted by atomic mass is 16.5. The molecule has 7 heteroatoms. The number of nitrogens with one attached hydrogen (secondary N) is 1. The highest BCUT2D eigenvalue weighted by molar-refractivity contribution is 5.75. The number of rotatable bonds is 1. The van der Waals surface area contributed by atoms with Gasteiger partial charge in [0.2, 0.25) is 5.65 Å². The molecule has 1 aliphatic rings. The first kappa shape index (κ1) is 21.2. The largest absolute Gasteiger partial charge is 0.474 e. The molecule has 0 saturated carbocycles. The second kappa shape index (κ2) is 8.57. The lowest BCUT2D eigenvalue weighted by Gasteiger charge is -2.29. The minimum absolute atomic E-state index is 0.0261. The number of aromatic nitrogens is 3. The van der Waals surface area contributed by atoms with E-state index in [1.165, 1.54) is 0 Å². The maximum absolute atomic E-state index is 12.8. The number of fused-ring (bicyclic) bond motifs is 7.